The van der Waals surface area contributed by atoms with Gasteiger partial charge in [-0.1, -0.05) is 51.3 Å². The number of rotatable bonds is 9. The monoisotopic (exact) mass is 443 g/mol. The zero-order valence-electron chi connectivity index (χ0n) is 20.5. The van der Waals surface area contributed by atoms with E-state index >= 15 is 0 Å². The second kappa shape index (κ2) is 13.3. The summed E-state index contributed by atoms with van der Waals surface area (Å²) in [5, 5.41) is 10.1. The van der Waals surface area contributed by atoms with Gasteiger partial charge in [0.2, 0.25) is 5.91 Å². The number of carbonyl (C=O) groups is 1. The molecule has 0 unspecified atom stereocenters. The minimum atomic E-state index is -0.358. The Hall–Kier alpha value is -3.32. The highest BCUT2D eigenvalue weighted by Gasteiger charge is 2.05. The number of hydrogen-bond acceptors (Lipinski definition) is 2. The number of H-pyrrole nitrogens is 1. The van der Waals surface area contributed by atoms with Gasteiger partial charge >= 0.3 is 0 Å². The standard InChI is InChI=1S/C15H21NO.C14H16N2/c1-4-5-7-13-8-6-9-14(12(13)3)10-11(2)15(16)17;1-2-3-4-5-12-10-16-14-7-6-11(9-15)8-13(12)14/h6,8-10H,4-5,7H2,1-3H3,(H2,16,17);6-8,10,16H,2-5H2,1H3/b11-10+;. The molecule has 0 bridgehead atoms. The van der Waals surface area contributed by atoms with Gasteiger partial charge in [-0.15, -0.1) is 0 Å². The first-order valence-electron chi connectivity index (χ1n) is 12.0. The number of nitrogens with one attached hydrogen (secondary N) is 1. The number of hydrogen-bond donors (Lipinski definition) is 2. The number of nitriles is 1. The van der Waals surface area contributed by atoms with E-state index in [1.54, 1.807) is 6.92 Å². The van der Waals surface area contributed by atoms with Crippen molar-refractivity contribution < 1.29 is 4.79 Å². The second-order valence-corrected chi connectivity index (χ2v) is 8.57. The molecule has 0 radical (unpaired) electrons. The number of fused-ring (bicyclic) bond motifs is 1. The van der Waals surface area contributed by atoms with Crippen LogP contribution >= 0.6 is 0 Å². The van der Waals surface area contributed by atoms with Gasteiger partial charge in [0.1, 0.15) is 0 Å². The van der Waals surface area contributed by atoms with Crippen LogP contribution in [0.15, 0.2) is 48.2 Å². The van der Waals surface area contributed by atoms with Gasteiger partial charge in [-0.05, 0) is 86.1 Å². The summed E-state index contributed by atoms with van der Waals surface area (Å²) in [5.74, 6) is -0.358. The van der Waals surface area contributed by atoms with Gasteiger partial charge in [-0.25, -0.2) is 0 Å². The SMILES string of the molecule is CCCCCc1c[nH]c2ccc(C#N)cc12.CCCCc1cccc(/C=C(\C)C(N)=O)c1C. The van der Waals surface area contributed by atoms with Crippen LogP contribution in [0.5, 0.6) is 0 Å². The quantitative estimate of drug-likeness (QED) is 0.276. The van der Waals surface area contributed by atoms with Crippen molar-refractivity contribution in [3.8, 4) is 6.07 Å². The molecule has 3 N–H and O–H groups in total. The Bertz CT molecular complexity index is 1130. The topological polar surface area (TPSA) is 82.7 Å². The lowest BCUT2D eigenvalue weighted by Gasteiger charge is -2.08. The molecule has 4 heteroatoms. The summed E-state index contributed by atoms with van der Waals surface area (Å²) in [6.07, 6.45) is 12.3. The Labute approximate surface area is 198 Å². The number of nitrogens with zero attached hydrogens (tertiary/aromatic N) is 1. The van der Waals surface area contributed by atoms with Gasteiger partial charge in [0.15, 0.2) is 0 Å². The molecular weight excluding hydrogens is 406 g/mol. The molecule has 4 nitrogen and oxygen atoms in total. The number of aromatic amines is 1. The Balaban J connectivity index is 0.000000234. The maximum Gasteiger partial charge on any atom is 0.244 e. The predicted octanol–water partition coefficient (Wildman–Crippen LogP) is 7.00. The van der Waals surface area contributed by atoms with Crippen LogP contribution in [0.1, 0.15) is 80.7 Å². The van der Waals surface area contributed by atoms with E-state index in [1.807, 2.05) is 36.4 Å². The first kappa shape index (κ1) is 25.9. The third kappa shape index (κ3) is 7.64. The van der Waals surface area contributed by atoms with Gasteiger partial charge < -0.3 is 10.7 Å². The highest BCUT2D eigenvalue weighted by molar-refractivity contribution is 5.96. The van der Waals surface area contributed by atoms with Crippen molar-refractivity contribution in [1.82, 2.24) is 4.98 Å². The van der Waals surface area contributed by atoms with Crippen molar-refractivity contribution in [1.29, 1.82) is 5.26 Å². The fourth-order valence-corrected chi connectivity index (χ4v) is 3.82. The molecule has 0 saturated heterocycles. The van der Waals surface area contributed by atoms with E-state index in [4.69, 9.17) is 11.0 Å². The number of nitrogens with two attached hydrogens (primary N) is 1. The first-order chi connectivity index (χ1) is 15.9. The molecular formula is C29H37N3O. The van der Waals surface area contributed by atoms with Crippen molar-refractivity contribution in [3.05, 3.63) is 76.0 Å². The van der Waals surface area contributed by atoms with Gasteiger partial charge in [-0.2, -0.15) is 5.26 Å². The summed E-state index contributed by atoms with van der Waals surface area (Å²) in [5.41, 5.74) is 12.7. The molecule has 174 valence electrons. The number of unbranched alkanes of at least 4 members (excludes halogenated alkanes) is 3. The average Bonchev–Trinajstić information content (AvgIpc) is 3.22. The molecule has 33 heavy (non-hydrogen) atoms. The fourth-order valence-electron chi connectivity index (χ4n) is 3.82. The highest BCUT2D eigenvalue weighted by Crippen LogP contribution is 2.21. The van der Waals surface area contributed by atoms with Crippen molar-refractivity contribution in [3.63, 3.8) is 0 Å². The molecule has 0 aliphatic carbocycles. The number of amides is 1. The largest absolute Gasteiger partial charge is 0.366 e. The lowest BCUT2D eigenvalue weighted by atomic mass is 9.97. The minimum absolute atomic E-state index is 0.358. The van der Waals surface area contributed by atoms with E-state index < -0.39 is 0 Å². The molecule has 0 aliphatic heterocycles. The molecule has 0 spiro atoms. The maximum absolute atomic E-state index is 11.0. The molecule has 1 aromatic heterocycles. The Morgan fingerprint density at radius 3 is 2.45 bits per heavy atom. The molecule has 0 aliphatic rings. The van der Waals surface area contributed by atoms with Gasteiger partial charge in [0, 0.05) is 22.7 Å². The third-order valence-electron chi connectivity index (χ3n) is 5.99. The van der Waals surface area contributed by atoms with Crippen LogP contribution in [0.2, 0.25) is 0 Å². The molecule has 0 atom stereocenters. The average molecular weight is 444 g/mol. The molecule has 0 fully saturated rings. The minimum Gasteiger partial charge on any atom is -0.366 e. The Morgan fingerprint density at radius 1 is 1.06 bits per heavy atom. The highest BCUT2D eigenvalue weighted by atomic mass is 16.1. The Morgan fingerprint density at radius 2 is 1.79 bits per heavy atom. The van der Waals surface area contributed by atoms with Crippen molar-refractivity contribution in [2.75, 3.05) is 0 Å². The van der Waals surface area contributed by atoms with E-state index in [1.165, 1.54) is 54.2 Å². The number of carbonyl (C=O) groups excluding carboxylic acids is 1. The number of benzene rings is 2. The molecule has 1 amide bonds. The van der Waals surface area contributed by atoms with Crippen molar-refractivity contribution in [2.24, 2.45) is 5.73 Å². The lowest BCUT2D eigenvalue weighted by molar-refractivity contribution is -0.114. The molecule has 3 aromatic rings. The normalized spacial score (nSPS) is 11.1. The van der Waals surface area contributed by atoms with Crippen LogP contribution < -0.4 is 5.73 Å². The molecule has 0 saturated carbocycles. The van der Waals surface area contributed by atoms with E-state index in [0.717, 1.165) is 29.5 Å². The maximum atomic E-state index is 11.0. The molecule has 2 aromatic carbocycles. The Kier molecular flexibility index (Phi) is 10.4. The van der Waals surface area contributed by atoms with Crippen LogP contribution in [0.4, 0.5) is 0 Å². The summed E-state index contributed by atoms with van der Waals surface area (Å²) in [7, 11) is 0. The van der Waals surface area contributed by atoms with E-state index in [2.05, 4.69) is 44.1 Å². The van der Waals surface area contributed by atoms with Crippen LogP contribution in [0, 0.1) is 18.3 Å². The molecule has 3 rings (SSSR count). The van der Waals surface area contributed by atoms with Gasteiger partial charge in [0.25, 0.3) is 0 Å². The fraction of sp³-hybridized carbons (Fsp3) is 0.379. The second-order valence-electron chi connectivity index (χ2n) is 8.57. The third-order valence-corrected chi connectivity index (χ3v) is 5.99. The number of primary amides is 1. The summed E-state index contributed by atoms with van der Waals surface area (Å²) in [6, 6.07) is 14.2. The zero-order chi connectivity index (χ0) is 24.2. The first-order valence-corrected chi connectivity index (χ1v) is 12.0. The summed E-state index contributed by atoms with van der Waals surface area (Å²) >= 11 is 0. The summed E-state index contributed by atoms with van der Waals surface area (Å²) in [6.45, 7) is 8.25. The number of aryl methyl sites for hydroxylation is 2. The lowest BCUT2D eigenvalue weighted by Crippen LogP contribution is -2.11. The van der Waals surface area contributed by atoms with Crippen molar-refractivity contribution in [2.45, 2.75) is 72.6 Å². The predicted molar refractivity (Wildman–Crippen MR) is 139 cm³/mol. The zero-order valence-corrected chi connectivity index (χ0v) is 20.5. The van der Waals surface area contributed by atoms with E-state index in [-0.39, 0.29) is 5.91 Å². The molecule has 1 heterocycles. The van der Waals surface area contributed by atoms with E-state index in [9.17, 15) is 4.79 Å². The van der Waals surface area contributed by atoms with E-state index in [0.29, 0.717) is 5.57 Å². The number of aromatic nitrogens is 1. The van der Waals surface area contributed by atoms with Crippen molar-refractivity contribution >= 4 is 22.9 Å². The summed E-state index contributed by atoms with van der Waals surface area (Å²) in [4.78, 5) is 14.3. The van der Waals surface area contributed by atoms with Crippen LogP contribution in [-0.2, 0) is 17.6 Å². The van der Waals surface area contributed by atoms with Crippen LogP contribution in [-0.4, -0.2) is 10.9 Å². The van der Waals surface area contributed by atoms with Crippen LogP contribution in [0.3, 0.4) is 0 Å². The summed E-state index contributed by atoms with van der Waals surface area (Å²) < 4.78 is 0. The van der Waals surface area contributed by atoms with Crippen LogP contribution in [0.25, 0.3) is 17.0 Å². The van der Waals surface area contributed by atoms with Gasteiger partial charge in [0.05, 0.1) is 11.6 Å². The smallest absolute Gasteiger partial charge is 0.244 e. The van der Waals surface area contributed by atoms with Gasteiger partial charge in [-0.3, -0.25) is 4.79 Å².